The maximum atomic E-state index is 6.50. The van der Waals surface area contributed by atoms with E-state index in [1.54, 1.807) is 6.20 Å². The van der Waals surface area contributed by atoms with Gasteiger partial charge < -0.3 is 25.7 Å². The van der Waals surface area contributed by atoms with Gasteiger partial charge in [0, 0.05) is 51.2 Å². The van der Waals surface area contributed by atoms with Crippen LogP contribution in [-0.4, -0.2) is 67.0 Å². The molecule has 2 saturated heterocycles. The number of aromatic nitrogens is 6. The van der Waals surface area contributed by atoms with Crippen molar-refractivity contribution < 1.29 is 4.74 Å². The number of nitrogens with two attached hydrogens (primary N) is 2. The van der Waals surface area contributed by atoms with Crippen LogP contribution in [0.2, 0.25) is 0 Å². The second-order valence-corrected chi connectivity index (χ2v) is 10.3. The Morgan fingerprint density at radius 1 is 1.11 bits per heavy atom. The quantitative estimate of drug-likeness (QED) is 0.404. The predicted octanol–water partition coefficient (Wildman–Crippen LogP) is 2.97. The summed E-state index contributed by atoms with van der Waals surface area (Å²) in [5.41, 5.74) is 17.6. The fourth-order valence-electron chi connectivity index (χ4n) is 5.31. The smallest absolute Gasteiger partial charge is 0.163 e. The van der Waals surface area contributed by atoms with E-state index in [9.17, 15) is 0 Å². The number of para-hydroxylation sites is 1. The average Bonchev–Trinajstić information content (AvgIpc) is 3.50. The minimum Gasteiger partial charge on any atom is -0.382 e. The van der Waals surface area contributed by atoms with Gasteiger partial charge in [0.2, 0.25) is 0 Å². The van der Waals surface area contributed by atoms with Gasteiger partial charge in [0.05, 0.1) is 46.2 Å². The molecule has 2 unspecified atom stereocenters. The van der Waals surface area contributed by atoms with Gasteiger partial charge in [-0.1, -0.05) is 6.07 Å². The largest absolute Gasteiger partial charge is 0.382 e. The molecule has 2 fully saturated rings. The molecule has 11 heteroatoms. The van der Waals surface area contributed by atoms with E-state index in [0.717, 1.165) is 67.8 Å². The number of aryl methyl sites for hydroxylation is 1. The van der Waals surface area contributed by atoms with E-state index in [1.807, 2.05) is 40.8 Å². The highest BCUT2D eigenvalue weighted by molar-refractivity contribution is 6.21. The normalized spacial score (nSPS) is 21.4. The van der Waals surface area contributed by atoms with Crippen LogP contribution in [0.15, 0.2) is 36.8 Å². The highest BCUT2D eigenvalue weighted by Gasteiger charge is 2.27. The summed E-state index contributed by atoms with van der Waals surface area (Å²) in [6.45, 7) is 3.01. The molecule has 0 radical (unpaired) electrons. The van der Waals surface area contributed by atoms with Crippen LogP contribution in [-0.2, 0) is 11.8 Å². The van der Waals surface area contributed by atoms with Crippen LogP contribution in [0.3, 0.4) is 0 Å². The van der Waals surface area contributed by atoms with Crippen molar-refractivity contribution in [3.05, 3.63) is 36.8 Å². The number of benzene rings is 1. The first-order chi connectivity index (χ1) is 17.5. The summed E-state index contributed by atoms with van der Waals surface area (Å²) in [4.78, 5) is 16.5. The molecule has 4 N–H and O–H groups in total. The van der Waals surface area contributed by atoms with Crippen LogP contribution in [0, 0.1) is 0 Å². The van der Waals surface area contributed by atoms with Crippen molar-refractivity contribution in [3.63, 3.8) is 0 Å². The number of piperidine rings is 1. The summed E-state index contributed by atoms with van der Waals surface area (Å²) in [5.74, 6) is 0.987. The predicted molar refractivity (Wildman–Crippen MR) is 141 cm³/mol. The summed E-state index contributed by atoms with van der Waals surface area (Å²) in [5, 5.41) is 4.59. The molecule has 1 aromatic carbocycles. The number of anilines is 2. The molecule has 5 heterocycles. The first-order valence-corrected chi connectivity index (χ1v) is 12.8. The van der Waals surface area contributed by atoms with Gasteiger partial charge in [-0.25, -0.2) is 15.0 Å². The zero-order valence-corrected chi connectivity index (χ0v) is 21.0. The van der Waals surface area contributed by atoms with E-state index in [-0.39, 0.29) is 11.4 Å². The lowest BCUT2D eigenvalue weighted by atomic mass is 10.1. The van der Waals surface area contributed by atoms with Crippen molar-refractivity contribution in [3.8, 4) is 22.8 Å². The van der Waals surface area contributed by atoms with Gasteiger partial charge in [0.25, 0.3) is 0 Å². The molecule has 0 saturated carbocycles. The summed E-state index contributed by atoms with van der Waals surface area (Å²) < 4.78 is 9.52. The molecule has 2 aliphatic rings. The zero-order valence-electron chi connectivity index (χ0n) is 20.2. The molecule has 188 valence electrons. The van der Waals surface area contributed by atoms with Crippen LogP contribution in [0.1, 0.15) is 25.3 Å². The fourth-order valence-corrected chi connectivity index (χ4v) is 5.70. The van der Waals surface area contributed by atoms with E-state index in [4.69, 9.17) is 37.8 Å². The second-order valence-electron chi connectivity index (χ2n) is 9.68. The van der Waals surface area contributed by atoms with E-state index >= 15 is 0 Å². The monoisotopic (exact) mass is 507 g/mol. The number of fused-ring (bicyclic) bond motifs is 1. The first kappa shape index (κ1) is 23.2. The topological polar surface area (TPSA) is 126 Å². The molecule has 6 rings (SSSR count). The lowest BCUT2D eigenvalue weighted by Gasteiger charge is -2.35. The molecule has 0 bridgehead atoms. The van der Waals surface area contributed by atoms with Gasteiger partial charge in [-0.3, -0.25) is 4.68 Å². The number of nitrogens with zero attached hydrogens (tertiary/aromatic N) is 7. The van der Waals surface area contributed by atoms with Crippen molar-refractivity contribution in [2.75, 3.05) is 36.9 Å². The highest BCUT2D eigenvalue weighted by atomic mass is 35.5. The first-order valence-electron chi connectivity index (χ1n) is 12.3. The summed E-state index contributed by atoms with van der Waals surface area (Å²) in [6.07, 6.45) is 8.26. The van der Waals surface area contributed by atoms with Gasteiger partial charge >= 0.3 is 0 Å². The average molecular weight is 508 g/mol. The molecular weight excluding hydrogens is 478 g/mol. The van der Waals surface area contributed by atoms with Gasteiger partial charge in [-0.05, 0) is 31.4 Å². The number of rotatable bonds is 4. The van der Waals surface area contributed by atoms with E-state index in [2.05, 4.69) is 21.0 Å². The Bertz CT molecular complexity index is 1380. The lowest BCUT2D eigenvalue weighted by molar-refractivity contribution is 0.0662. The molecule has 4 aromatic rings. The Labute approximate surface area is 214 Å². The van der Waals surface area contributed by atoms with E-state index in [0.29, 0.717) is 29.1 Å². The SMILES string of the molecule is Cn1c(-c2nc(-c3cnn(C4CCOCC4)c3)cnc2N)nc2cccc(N3CC(N)CC(Cl)C3)c21. The number of alkyl halides is 1. The molecule has 3 aromatic heterocycles. The van der Waals surface area contributed by atoms with Crippen molar-refractivity contribution in [1.82, 2.24) is 29.3 Å². The van der Waals surface area contributed by atoms with Crippen LogP contribution in [0.5, 0.6) is 0 Å². The number of ether oxygens (including phenoxy) is 1. The van der Waals surface area contributed by atoms with Crippen LogP contribution in [0.25, 0.3) is 33.8 Å². The number of hydrogen-bond acceptors (Lipinski definition) is 8. The van der Waals surface area contributed by atoms with Crippen LogP contribution < -0.4 is 16.4 Å². The third-order valence-electron chi connectivity index (χ3n) is 7.12. The summed E-state index contributed by atoms with van der Waals surface area (Å²) >= 11 is 6.50. The maximum absolute atomic E-state index is 6.50. The number of imidazole rings is 1. The molecule has 0 aliphatic carbocycles. The van der Waals surface area contributed by atoms with Crippen molar-refractivity contribution >= 4 is 34.1 Å². The minimum absolute atomic E-state index is 0.0111. The van der Waals surface area contributed by atoms with Crippen molar-refractivity contribution in [1.29, 1.82) is 0 Å². The third kappa shape index (κ3) is 4.19. The molecule has 0 amide bonds. The lowest BCUT2D eigenvalue weighted by Crippen LogP contribution is -2.47. The van der Waals surface area contributed by atoms with Crippen LogP contribution >= 0.6 is 11.6 Å². The Morgan fingerprint density at radius 3 is 2.75 bits per heavy atom. The molecule has 2 atom stereocenters. The zero-order chi connectivity index (χ0) is 24.8. The van der Waals surface area contributed by atoms with Crippen LogP contribution in [0.4, 0.5) is 11.5 Å². The Kier molecular flexibility index (Phi) is 6.02. The van der Waals surface area contributed by atoms with E-state index in [1.165, 1.54) is 0 Å². The second kappa shape index (κ2) is 9.34. The van der Waals surface area contributed by atoms with Gasteiger partial charge in [0.1, 0.15) is 5.69 Å². The van der Waals surface area contributed by atoms with Gasteiger partial charge in [0.15, 0.2) is 11.6 Å². The molecule has 10 nitrogen and oxygen atoms in total. The molecule has 36 heavy (non-hydrogen) atoms. The summed E-state index contributed by atoms with van der Waals surface area (Å²) in [7, 11) is 1.98. The Morgan fingerprint density at radius 2 is 1.94 bits per heavy atom. The molecule has 2 aliphatic heterocycles. The highest BCUT2D eigenvalue weighted by Crippen LogP contribution is 2.34. The van der Waals surface area contributed by atoms with Gasteiger partial charge in [-0.2, -0.15) is 5.10 Å². The third-order valence-corrected chi connectivity index (χ3v) is 7.44. The molecular formula is C25H30ClN9O. The number of nitrogen functional groups attached to an aromatic ring is 1. The minimum atomic E-state index is 0.0111. The van der Waals surface area contributed by atoms with Crippen molar-refractivity contribution in [2.45, 2.75) is 36.7 Å². The van der Waals surface area contributed by atoms with E-state index < -0.39 is 0 Å². The number of hydrogen-bond donors (Lipinski definition) is 2. The Hall–Kier alpha value is -3.21. The van der Waals surface area contributed by atoms with Gasteiger partial charge in [-0.15, -0.1) is 11.6 Å². The maximum Gasteiger partial charge on any atom is 0.163 e. The fraction of sp³-hybridized carbons (Fsp3) is 0.440. The molecule has 0 spiro atoms. The summed E-state index contributed by atoms with van der Waals surface area (Å²) in [6, 6.07) is 6.46. The van der Waals surface area contributed by atoms with Crippen molar-refractivity contribution in [2.24, 2.45) is 12.8 Å². The number of halogens is 1. The Balaban J connectivity index is 1.38. The standard InChI is InChI=1S/C25H30ClN9O/c1-33-23-19(3-2-4-21(23)34-13-16(26)9-17(27)14-34)32-25(33)22-24(28)29-11-20(31-22)15-10-30-35(12-15)18-5-7-36-8-6-18/h2-4,10-12,16-18H,5-9,13-14,27H2,1H3,(H2,28,29).